The van der Waals surface area contributed by atoms with E-state index >= 15 is 0 Å². The van der Waals surface area contributed by atoms with Crippen molar-refractivity contribution < 1.29 is 4.79 Å². The molecule has 0 aliphatic rings. The van der Waals surface area contributed by atoms with Crippen molar-refractivity contribution in [2.75, 3.05) is 0 Å². The Bertz CT molecular complexity index is 799. The molecule has 0 fully saturated rings. The number of aryl methyl sites for hydroxylation is 1. The second-order valence-electron chi connectivity index (χ2n) is 5.29. The lowest BCUT2D eigenvalue weighted by atomic mass is 9.99. The van der Waals surface area contributed by atoms with Crippen LogP contribution < -0.4 is 0 Å². The van der Waals surface area contributed by atoms with Crippen molar-refractivity contribution in [2.45, 2.75) is 24.2 Å². The average molecular weight is 307 g/mol. The lowest BCUT2D eigenvalue weighted by Gasteiger charge is -2.07. The predicted molar refractivity (Wildman–Crippen MR) is 92.7 cm³/mol. The van der Waals surface area contributed by atoms with Gasteiger partial charge in [0.2, 0.25) is 0 Å². The third-order valence-corrected chi connectivity index (χ3v) is 4.12. The zero-order valence-corrected chi connectivity index (χ0v) is 13.1. The first kappa shape index (κ1) is 14.8. The zero-order valence-electron chi connectivity index (χ0n) is 12.2. The second kappa shape index (κ2) is 6.75. The smallest absolute Gasteiger partial charge is 0.163 e. The van der Waals surface area contributed by atoms with Gasteiger partial charge in [0.15, 0.2) is 5.78 Å². The van der Waals surface area contributed by atoms with Gasteiger partial charge in [-0.15, -0.1) is 12.6 Å². The van der Waals surface area contributed by atoms with Gasteiger partial charge >= 0.3 is 0 Å². The molecular weight excluding hydrogens is 290 g/mol. The van der Waals surface area contributed by atoms with E-state index in [0.717, 1.165) is 34.2 Å². The van der Waals surface area contributed by atoms with Crippen molar-refractivity contribution in [1.82, 2.24) is 4.98 Å². The standard InChI is InChI=1S/C19H17NOS/c21-17(10-4-8-14-6-2-1-3-7-14)15-11-12-18(22)19-16(15)9-5-13-20-19/h1-3,5-7,9,11-13,22H,4,8,10H2. The van der Waals surface area contributed by atoms with Gasteiger partial charge in [-0.3, -0.25) is 9.78 Å². The Labute approximate surface area is 135 Å². The number of carbonyl (C=O) groups excluding carboxylic acids is 1. The van der Waals surface area contributed by atoms with Crippen LogP contribution in [0.3, 0.4) is 0 Å². The maximum Gasteiger partial charge on any atom is 0.163 e. The Kier molecular flexibility index (Phi) is 4.54. The van der Waals surface area contributed by atoms with Crippen LogP contribution in [0.4, 0.5) is 0 Å². The van der Waals surface area contributed by atoms with E-state index in [1.807, 2.05) is 42.5 Å². The van der Waals surface area contributed by atoms with E-state index in [2.05, 4.69) is 29.7 Å². The van der Waals surface area contributed by atoms with Crippen molar-refractivity contribution in [1.29, 1.82) is 0 Å². The molecule has 0 N–H and O–H groups in total. The summed E-state index contributed by atoms with van der Waals surface area (Å²) in [5.41, 5.74) is 2.81. The molecule has 0 saturated carbocycles. The predicted octanol–water partition coefficient (Wildman–Crippen LogP) is 4.73. The highest BCUT2D eigenvalue weighted by atomic mass is 32.1. The Morgan fingerprint density at radius 3 is 2.64 bits per heavy atom. The number of hydrogen-bond acceptors (Lipinski definition) is 3. The van der Waals surface area contributed by atoms with E-state index in [1.54, 1.807) is 6.20 Å². The summed E-state index contributed by atoms with van der Waals surface area (Å²) in [6.07, 6.45) is 4.05. The maximum absolute atomic E-state index is 12.5. The highest BCUT2D eigenvalue weighted by Gasteiger charge is 2.11. The molecule has 2 nitrogen and oxygen atoms in total. The molecule has 1 heterocycles. The summed E-state index contributed by atoms with van der Waals surface area (Å²) in [5, 5.41) is 0.889. The number of nitrogens with zero attached hydrogens (tertiary/aromatic N) is 1. The van der Waals surface area contributed by atoms with Crippen molar-refractivity contribution in [2.24, 2.45) is 0 Å². The molecule has 3 heteroatoms. The van der Waals surface area contributed by atoms with Crippen LogP contribution in [0.15, 0.2) is 65.7 Å². The van der Waals surface area contributed by atoms with Crippen molar-refractivity contribution in [3.05, 3.63) is 71.9 Å². The molecule has 22 heavy (non-hydrogen) atoms. The fourth-order valence-electron chi connectivity index (χ4n) is 2.63. The lowest BCUT2D eigenvalue weighted by molar-refractivity contribution is 0.0982. The number of aromatic nitrogens is 1. The topological polar surface area (TPSA) is 30.0 Å². The van der Waals surface area contributed by atoms with Crippen molar-refractivity contribution in [3.63, 3.8) is 0 Å². The highest BCUT2D eigenvalue weighted by Crippen LogP contribution is 2.24. The third-order valence-electron chi connectivity index (χ3n) is 3.76. The van der Waals surface area contributed by atoms with E-state index in [0.29, 0.717) is 6.42 Å². The number of benzene rings is 2. The molecular formula is C19H17NOS. The van der Waals surface area contributed by atoms with Crippen LogP contribution in [0, 0.1) is 0 Å². The molecule has 0 bridgehead atoms. The molecule has 0 atom stereocenters. The zero-order chi connectivity index (χ0) is 15.4. The van der Waals surface area contributed by atoms with Gasteiger partial charge in [-0.2, -0.15) is 0 Å². The minimum Gasteiger partial charge on any atom is -0.294 e. The number of thiol groups is 1. The van der Waals surface area contributed by atoms with Gasteiger partial charge in [0.25, 0.3) is 0 Å². The third kappa shape index (κ3) is 3.20. The molecule has 3 rings (SSSR count). The molecule has 0 unspecified atom stereocenters. The van der Waals surface area contributed by atoms with E-state index < -0.39 is 0 Å². The van der Waals surface area contributed by atoms with Crippen LogP contribution in [-0.2, 0) is 6.42 Å². The molecule has 0 aliphatic heterocycles. The van der Waals surface area contributed by atoms with Crippen LogP contribution in [0.5, 0.6) is 0 Å². The second-order valence-corrected chi connectivity index (χ2v) is 5.78. The number of Topliss-reactive ketones (excluding diaryl/α,β-unsaturated/α-hetero) is 1. The monoisotopic (exact) mass is 307 g/mol. The van der Waals surface area contributed by atoms with Gasteiger partial charge in [0.1, 0.15) is 0 Å². The molecule has 0 amide bonds. The minimum absolute atomic E-state index is 0.169. The summed E-state index contributed by atoms with van der Waals surface area (Å²) in [6, 6.07) is 17.8. The van der Waals surface area contributed by atoms with E-state index in [-0.39, 0.29) is 5.78 Å². The fourth-order valence-corrected chi connectivity index (χ4v) is 2.89. The number of pyridine rings is 1. The molecule has 0 aliphatic carbocycles. The normalized spacial score (nSPS) is 10.8. The Balaban J connectivity index is 1.74. The summed E-state index contributed by atoms with van der Waals surface area (Å²) in [4.78, 5) is 17.6. The van der Waals surface area contributed by atoms with Gasteiger partial charge in [-0.25, -0.2) is 0 Å². The fraction of sp³-hybridized carbons (Fsp3) is 0.158. The number of hydrogen-bond donors (Lipinski definition) is 1. The molecule has 1 aromatic heterocycles. The molecule has 0 radical (unpaired) electrons. The van der Waals surface area contributed by atoms with Crippen LogP contribution in [0.2, 0.25) is 0 Å². The maximum atomic E-state index is 12.5. The van der Waals surface area contributed by atoms with Crippen LogP contribution in [-0.4, -0.2) is 10.8 Å². The molecule has 3 aromatic rings. The van der Waals surface area contributed by atoms with Crippen LogP contribution in [0.1, 0.15) is 28.8 Å². The Morgan fingerprint density at radius 2 is 1.82 bits per heavy atom. The van der Waals surface area contributed by atoms with Gasteiger partial charge < -0.3 is 0 Å². The summed E-state index contributed by atoms with van der Waals surface area (Å²) in [5.74, 6) is 0.169. The first-order chi connectivity index (χ1) is 10.8. The highest BCUT2D eigenvalue weighted by molar-refractivity contribution is 7.80. The quantitative estimate of drug-likeness (QED) is 0.545. The SMILES string of the molecule is O=C(CCCc1ccccc1)c1ccc(S)c2ncccc12. The number of ketones is 1. The first-order valence-corrected chi connectivity index (χ1v) is 7.84. The average Bonchev–Trinajstić information content (AvgIpc) is 2.56. The van der Waals surface area contributed by atoms with Gasteiger partial charge in [0, 0.05) is 28.5 Å². The number of carbonyl (C=O) groups is 1. The van der Waals surface area contributed by atoms with E-state index in [1.165, 1.54) is 5.56 Å². The molecule has 0 saturated heterocycles. The van der Waals surface area contributed by atoms with Gasteiger partial charge in [-0.1, -0.05) is 36.4 Å². The first-order valence-electron chi connectivity index (χ1n) is 7.39. The van der Waals surface area contributed by atoms with Crippen molar-refractivity contribution >= 4 is 29.3 Å². The number of fused-ring (bicyclic) bond motifs is 1. The Morgan fingerprint density at radius 1 is 1.00 bits per heavy atom. The van der Waals surface area contributed by atoms with E-state index in [9.17, 15) is 4.79 Å². The summed E-state index contributed by atoms with van der Waals surface area (Å²) >= 11 is 4.41. The molecule has 2 aromatic carbocycles. The van der Waals surface area contributed by atoms with Crippen molar-refractivity contribution in [3.8, 4) is 0 Å². The minimum atomic E-state index is 0.169. The molecule has 110 valence electrons. The molecule has 0 spiro atoms. The largest absolute Gasteiger partial charge is 0.294 e. The lowest BCUT2D eigenvalue weighted by Crippen LogP contribution is -2.02. The Hall–Kier alpha value is -2.13. The summed E-state index contributed by atoms with van der Waals surface area (Å²) in [6.45, 7) is 0. The van der Waals surface area contributed by atoms with Crippen LogP contribution >= 0.6 is 12.6 Å². The van der Waals surface area contributed by atoms with Gasteiger partial charge in [-0.05, 0) is 36.6 Å². The van der Waals surface area contributed by atoms with Gasteiger partial charge in [0.05, 0.1) is 5.52 Å². The summed E-state index contributed by atoms with van der Waals surface area (Å²) < 4.78 is 0. The number of rotatable bonds is 5. The van der Waals surface area contributed by atoms with Crippen LogP contribution in [0.25, 0.3) is 10.9 Å². The summed E-state index contributed by atoms with van der Waals surface area (Å²) in [7, 11) is 0. The van der Waals surface area contributed by atoms with E-state index in [4.69, 9.17) is 0 Å².